The van der Waals surface area contributed by atoms with Crippen molar-refractivity contribution in [3.8, 4) is 0 Å². The van der Waals surface area contributed by atoms with Crippen molar-refractivity contribution in [2.45, 2.75) is 76.8 Å². The number of esters is 1. The minimum Gasteiger partial charge on any atom is -0.467 e. The van der Waals surface area contributed by atoms with E-state index in [1.807, 2.05) is 37.3 Å². The molecule has 1 aromatic carbocycles. The summed E-state index contributed by atoms with van der Waals surface area (Å²) in [5.74, 6) is -0.596. The van der Waals surface area contributed by atoms with E-state index in [-0.39, 0.29) is 18.6 Å². The molecule has 8 nitrogen and oxygen atoms in total. The fourth-order valence-electron chi connectivity index (χ4n) is 3.03. The lowest BCUT2D eigenvalue weighted by molar-refractivity contribution is -0.218. The Morgan fingerprint density at radius 2 is 1.48 bits per heavy atom. The zero-order chi connectivity index (χ0) is 25.1. The molecule has 1 rings (SSSR count). The topological polar surface area (TPSA) is 81.7 Å². The van der Waals surface area contributed by atoms with Crippen molar-refractivity contribution in [1.82, 2.24) is 0 Å². The first kappa shape index (κ1) is 29.7. The number of rotatable bonds is 15. The lowest BCUT2D eigenvalue weighted by Gasteiger charge is -2.42. The van der Waals surface area contributed by atoms with Gasteiger partial charge in [-0.05, 0) is 30.6 Å². The lowest BCUT2D eigenvalue weighted by Crippen LogP contribution is -2.55. The predicted molar refractivity (Wildman–Crippen MR) is 128 cm³/mol. The summed E-state index contributed by atoms with van der Waals surface area (Å²) in [6.45, 7) is 12.9. The summed E-state index contributed by atoms with van der Waals surface area (Å²) in [5.41, 5.74) is 0.986. The van der Waals surface area contributed by atoms with Gasteiger partial charge in [-0.2, -0.15) is 0 Å². The van der Waals surface area contributed by atoms with Crippen molar-refractivity contribution in [3.63, 3.8) is 0 Å². The van der Waals surface area contributed by atoms with Crippen LogP contribution in [0.3, 0.4) is 0 Å². The van der Waals surface area contributed by atoms with Crippen molar-refractivity contribution >= 4 is 14.3 Å². The SMILES string of the molecule is COCO[C@@H]([C@@H](OCc1ccccc1)[C@@H](C)O[Si](C)(C)C(C)(C)C)[C@@H](OCOC)C(=O)OC. The van der Waals surface area contributed by atoms with E-state index in [0.29, 0.717) is 6.61 Å². The van der Waals surface area contributed by atoms with Crippen molar-refractivity contribution in [1.29, 1.82) is 0 Å². The van der Waals surface area contributed by atoms with Gasteiger partial charge in [0.05, 0.1) is 19.8 Å². The predicted octanol–water partition coefficient (Wildman–Crippen LogP) is 4.13. The van der Waals surface area contributed by atoms with Gasteiger partial charge in [0.15, 0.2) is 14.4 Å². The van der Waals surface area contributed by atoms with E-state index in [0.717, 1.165) is 5.56 Å². The van der Waals surface area contributed by atoms with Crippen LogP contribution in [-0.2, 0) is 44.2 Å². The van der Waals surface area contributed by atoms with E-state index in [4.69, 9.17) is 32.8 Å². The Labute approximate surface area is 199 Å². The number of ether oxygens (including phenoxy) is 6. The third kappa shape index (κ3) is 9.44. The van der Waals surface area contributed by atoms with Crippen molar-refractivity contribution in [2.75, 3.05) is 34.9 Å². The van der Waals surface area contributed by atoms with Crippen LogP contribution < -0.4 is 0 Å². The van der Waals surface area contributed by atoms with Crippen molar-refractivity contribution < 1.29 is 37.6 Å². The van der Waals surface area contributed by atoms with Crippen LogP contribution >= 0.6 is 0 Å². The minimum atomic E-state index is -2.16. The molecular formula is C24H42O8Si. The Balaban J connectivity index is 3.32. The van der Waals surface area contributed by atoms with E-state index < -0.39 is 38.7 Å². The maximum Gasteiger partial charge on any atom is 0.337 e. The first-order valence-corrected chi connectivity index (χ1v) is 14.0. The van der Waals surface area contributed by atoms with Crippen LogP contribution in [0.5, 0.6) is 0 Å². The number of carbonyl (C=O) groups excluding carboxylic acids is 1. The van der Waals surface area contributed by atoms with Crippen LogP contribution in [0.1, 0.15) is 33.3 Å². The van der Waals surface area contributed by atoms with Crippen molar-refractivity contribution in [2.24, 2.45) is 0 Å². The van der Waals surface area contributed by atoms with E-state index >= 15 is 0 Å². The molecule has 0 fully saturated rings. The molecule has 0 bridgehead atoms. The van der Waals surface area contributed by atoms with Gasteiger partial charge in [-0.1, -0.05) is 51.1 Å². The van der Waals surface area contributed by atoms with Crippen LogP contribution in [0.25, 0.3) is 0 Å². The van der Waals surface area contributed by atoms with Gasteiger partial charge < -0.3 is 32.8 Å². The highest BCUT2D eigenvalue weighted by atomic mass is 28.4. The third-order valence-corrected chi connectivity index (χ3v) is 10.4. The summed E-state index contributed by atoms with van der Waals surface area (Å²) in [7, 11) is 2.13. The molecule has 0 radical (unpaired) electrons. The zero-order valence-electron chi connectivity index (χ0n) is 21.6. The summed E-state index contributed by atoms with van der Waals surface area (Å²) in [6.07, 6.45) is -3.03. The van der Waals surface area contributed by atoms with Gasteiger partial charge in [0.25, 0.3) is 0 Å². The maximum absolute atomic E-state index is 12.7. The molecule has 0 saturated heterocycles. The highest BCUT2D eigenvalue weighted by Gasteiger charge is 2.45. The molecular weight excluding hydrogens is 444 g/mol. The highest BCUT2D eigenvalue weighted by molar-refractivity contribution is 6.74. The second kappa shape index (κ2) is 14.2. The fraction of sp³-hybridized carbons (Fsp3) is 0.708. The minimum absolute atomic E-state index is 0.0115. The third-order valence-electron chi connectivity index (χ3n) is 5.83. The van der Waals surface area contributed by atoms with E-state index in [9.17, 15) is 4.79 Å². The number of hydrogen-bond acceptors (Lipinski definition) is 8. The van der Waals surface area contributed by atoms with Gasteiger partial charge in [0.1, 0.15) is 25.8 Å². The van der Waals surface area contributed by atoms with Crippen LogP contribution in [0.2, 0.25) is 18.1 Å². The van der Waals surface area contributed by atoms with Gasteiger partial charge in [-0.15, -0.1) is 0 Å². The summed E-state index contributed by atoms with van der Waals surface area (Å²) < 4.78 is 39.8. The second-order valence-corrected chi connectivity index (χ2v) is 14.2. The first-order chi connectivity index (χ1) is 15.5. The van der Waals surface area contributed by atoms with E-state index in [1.54, 1.807) is 0 Å². The Morgan fingerprint density at radius 3 is 2.00 bits per heavy atom. The monoisotopic (exact) mass is 486 g/mol. The summed E-state index contributed by atoms with van der Waals surface area (Å²) in [6, 6.07) is 9.78. The van der Waals surface area contributed by atoms with Gasteiger partial charge in [-0.3, -0.25) is 0 Å². The molecule has 0 unspecified atom stereocenters. The maximum atomic E-state index is 12.7. The molecule has 0 spiro atoms. The van der Waals surface area contributed by atoms with Gasteiger partial charge >= 0.3 is 5.97 Å². The zero-order valence-corrected chi connectivity index (χ0v) is 22.6. The smallest absolute Gasteiger partial charge is 0.337 e. The molecule has 1 aromatic rings. The van der Waals surface area contributed by atoms with Crippen LogP contribution in [0, 0.1) is 0 Å². The number of benzene rings is 1. The summed E-state index contributed by atoms with van der Waals surface area (Å²) in [4.78, 5) is 12.7. The Morgan fingerprint density at radius 1 is 0.909 bits per heavy atom. The summed E-state index contributed by atoms with van der Waals surface area (Å²) in [5, 5.41) is -0.0115. The second-order valence-electron chi connectivity index (χ2n) is 9.40. The van der Waals surface area contributed by atoms with Gasteiger partial charge in [0, 0.05) is 14.2 Å². The lowest BCUT2D eigenvalue weighted by atomic mass is 10.0. The normalized spacial score (nSPS) is 16.2. The van der Waals surface area contributed by atoms with Gasteiger partial charge in [0.2, 0.25) is 0 Å². The highest BCUT2D eigenvalue weighted by Crippen LogP contribution is 2.38. The molecule has 0 aliphatic carbocycles. The standard InChI is InChI=1S/C24H42O8Si/c1-18(32-33(8,9)24(2,3)4)20(29-15-19-13-11-10-12-14-19)21(30-16-26-5)22(23(25)28-7)31-17-27-6/h10-14,18,20-22H,15-17H2,1-9H3/t18-,20+,21+,22-/m1/s1. The molecule has 0 N–H and O–H groups in total. The molecule has 0 amide bonds. The molecule has 0 aliphatic rings. The van der Waals surface area contributed by atoms with Gasteiger partial charge in [-0.25, -0.2) is 4.79 Å². The van der Waals surface area contributed by atoms with Crippen LogP contribution in [0.4, 0.5) is 0 Å². The molecule has 4 atom stereocenters. The van der Waals surface area contributed by atoms with E-state index in [1.165, 1.54) is 21.3 Å². The Hall–Kier alpha value is -1.33. The molecule has 0 aromatic heterocycles. The van der Waals surface area contributed by atoms with Crippen molar-refractivity contribution in [3.05, 3.63) is 35.9 Å². The average molecular weight is 487 g/mol. The van der Waals surface area contributed by atoms with E-state index in [2.05, 4.69) is 33.9 Å². The molecule has 33 heavy (non-hydrogen) atoms. The summed E-state index contributed by atoms with van der Waals surface area (Å²) >= 11 is 0. The largest absolute Gasteiger partial charge is 0.467 e. The molecule has 0 heterocycles. The fourth-order valence-corrected chi connectivity index (χ4v) is 4.45. The first-order valence-electron chi connectivity index (χ1n) is 11.1. The average Bonchev–Trinajstić information content (AvgIpc) is 2.76. The van der Waals surface area contributed by atoms with Crippen LogP contribution in [0.15, 0.2) is 30.3 Å². The molecule has 0 saturated carbocycles. The van der Waals surface area contributed by atoms with Crippen LogP contribution in [-0.4, -0.2) is 73.6 Å². The molecule has 190 valence electrons. The molecule has 9 heteroatoms. The number of carbonyl (C=O) groups is 1. The molecule has 0 aliphatic heterocycles. The number of methoxy groups -OCH3 is 3. The number of hydrogen-bond donors (Lipinski definition) is 0. The quantitative estimate of drug-likeness (QED) is 0.208. The Bertz CT molecular complexity index is 677. The Kier molecular flexibility index (Phi) is 12.7.